The summed E-state index contributed by atoms with van der Waals surface area (Å²) >= 11 is 0. The maximum absolute atomic E-state index is 2.54. The first-order valence-corrected chi connectivity index (χ1v) is 22.8. The van der Waals surface area contributed by atoms with Crippen LogP contribution in [0.3, 0.4) is 0 Å². The van der Waals surface area contributed by atoms with E-state index in [1.165, 1.54) is 100 Å². The average molecular weight is 822 g/mol. The van der Waals surface area contributed by atoms with Crippen LogP contribution in [-0.4, -0.2) is 0 Å². The number of fused-ring (bicyclic) bond motifs is 9. The lowest BCUT2D eigenvalue weighted by molar-refractivity contribution is 0.652. The second kappa shape index (κ2) is 13.9. The van der Waals surface area contributed by atoms with E-state index in [4.69, 9.17) is 0 Å². The van der Waals surface area contributed by atoms with Crippen molar-refractivity contribution in [2.45, 2.75) is 57.8 Å². The first kappa shape index (κ1) is 38.5. The van der Waals surface area contributed by atoms with Gasteiger partial charge in [-0.2, -0.15) is 0 Å². The van der Waals surface area contributed by atoms with Gasteiger partial charge in [-0.1, -0.05) is 193 Å². The highest BCUT2D eigenvalue weighted by Gasteiger charge is 2.43. The van der Waals surface area contributed by atoms with E-state index in [0.717, 1.165) is 17.1 Å². The van der Waals surface area contributed by atoms with E-state index in [-0.39, 0.29) is 16.2 Å². The molecule has 0 spiro atoms. The van der Waals surface area contributed by atoms with Gasteiger partial charge in [0.25, 0.3) is 0 Å². The van der Waals surface area contributed by atoms with Gasteiger partial charge in [0, 0.05) is 33.3 Å². The van der Waals surface area contributed by atoms with Crippen molar-refractivity contribution in [2.24, 2.45) is 0 Å². The highest BCUT2D eigenvalue weighted by atomic mass is 15.1. The normalized spacial score (nSPS) is 15.1. The van der Waals surface area contributed by atoms with Gasteiger partial charge >= 0.3 is 0 Å². The van der Waals surface area contributed by atoms with Gasteiger partial charge in [0.15, 0.2) is 0 Å². The molecule has 0 unspecified atom stereocenters. The largest absolute Gasteiger partial charge is 0.310 e. The summed E-state index contributed by atoms with van der Waals surface area (Å²) in [5.41, 5.74) is 27.1. The summed E-state index contributed by atoms with van der Waals surface area (Å²) in [6, 6.07) is 74.9. The average Bonchev–Trinajstić information content (AvgIpc) is 3.81. The highest BCUT2D eigenvalue weighted by Crippen LogP contribution is 2.59. The van der Waals surface area contributed by atoms with Crippen LogP contribution in [0.1, 0.15) is 74.9 Å². The van der Waals surface area contributed by atoms with Crippen molar-refractivity contribution in [1.82, 2.24) is 0 Å². The molecule has 12 rings (SSSR count). The molecule has 64 heavy (non-hydrogen) atoms. The van der Waals surface area contributed by atoms with Crippen molar-refractivity contribution in [3.8, 4) is 66.8 Å². The Morgan fingerprint density at radius 3 is 1.30 bits per heavy atom. The number of hydrogen-bond donors (Lipinski definition) is 0. The first-order chi connectivity index (χ1) is 31.0. The summed E-state index contributed by atoms with van der Waals surface area (Å²) < 4.78 is 0. The van der Waals surface area contributed by atoms with Crippen LogP contribution in [0.25, 0.3) is 66.8 Å². The molecule has 0 bridgehead atoms. The van der Waals surface area contributed by atoms with Gasteiger partial charge in [0.05, 0.1) is 0 Å². The molecule has 0 amide bonds. The van der Waals surface area contributed by atoms with Crippen molar-refractivity contribution < 1.29 is 0 Å². The summed E-state index contributed by atoms with van der Waals surface area (Å²) in [5.74, 6) is 0. The Morgan fingerprint density at radius 2 is 0.656 bits per heavy atom. The Hall–Kier alpha value is -7.22. The summed E-state index contributed by atoms with van der Waals surface area (Å²) in [6.45, 7) is 14.4. The van der Waals surface area contributed by atoms with Crippen molar-refractivity contribution in [3.05, 3.63) is 234 Å². The Kier molecular flexibility index (Phi) is 8.35. The Bertz CT molecular complexity index is 3310. The van der Waals surface area contributed by atoms with Gasteiger partial charge in [-0.25, -0.2) is 0 Å². The van der Waals surface area contributed by atoms with Crippen LogP contribution < -0.4 is 4.90 Å². The molecule has 1 heteroatoms. The molecule has 0 aromatic heterocycles. The molecular weight excluding hydrogens is 771 g/mol. The Morgan fingerprint density at radius 1 is 0.250 bits per heavy atom. The van der Waals surface area contributed by atoms with Crippen LogP contribution >= 0.6 is 0 Å². The Balaban J connectivity index is 0.975. The Labute approximate surface area is 378 Å². The number of nitrogens with zero attached hydrogens (tertiary/aromatic N) is 1. The van der Waals surface area contributed by atoms with E-state index in [2.05, 4.69) is 247 Å². The van der Waals surface area contributed by atoms with E-state index in [1.807, 2.05) is 0 Å². The van der Waals surface area contributed by atoms with Gasteiger partial charge in [-0.05, 0) is 149 Å². The fraction of sp³-hybridized carbons (Fsp3) is 0.143. The van der Waals surface area contributed by atoms with Crippen LogP contribution in [-0.2, 0) is 16.2 Å². The zero-order chi connectivity index (χ0) is 43.5. The molecular formula is C63H51N. The third kappa shape index (κ3) is 5.56. The molecule has 3 aliphatic rings. The molecule has 9 aromatic carbocycles. The molecule has 0 atom stereocenters. The topological polar surface area (TPSA) is 3.24 Å². The molecule has 0 aliphatic heterocycles. The fourth-order valence-electron chi connectivity index (χ4n) is 11.7. The zero-order valence-corrected chi connectivity index (χ0v) is 37.5. The highest BCUT2D eigenvalue weighted by molar-refractivity contribution is 5.97. The zero-order valence-electron chi connectivity index (χ0n) is 37.5. The van der Waals surface area contributed by atoms with Crippen molar-refractivity contribution in [2.75, 3.05) is 4.90 Å². The molecule has 0 heterocycles. The predicted octanol–water partition coefficient (Wildman–Crippen LogP) is 17.1. The minimum absolute atomic E-state index is 0.0442. The van der Waals surface area contributed by atoms with Crippen molar-refractivity contribution >= 4 is 17.1 Å². The number of anilines is 3. The molecule has 0 fully saturated rings. The number of benzene rings is 9. The van der Waals surface area contributed by atoms with Gasteiger partial charge < -0.3 is 4.90 Å². The third-order valence-electron chi connectivity index (χ3n) is 15.1. The number of hydrogen-bond acceptors (Lipinski definition) is 1. The molecule has 9 aromatic rings. The van der Waals surface area contributed by atoms with Gasteiger partial charge in [0.1, 0.15) is 0 Å². The molecule has 0 N–H and O–H groups in total. The van der Waals surface area contributed by atoms with Crippen LogP contribution in [0.4, 0.5) is 17.1 Å². The maximum atomic E-state index is 2.54. The fourth-order valence-corrected chi connectivity index (χ4v) is 11.7. The monoisotopic (exact) mass is 821 g/mol. The number of rotatable bonds is 6. The van der Waals surface area contributed by atoms with E-state index in [0.29, 0.717) is 0 Å². The summed E-state index contributed by atoms with van der Waals surface area (Å²) in [7, 11) is 0. The summed E-state index contributed by atoms with van der Waals surface area (Å²) in [6.07, 6.45) is 0. The SMILES string of the molecule is CC1(C)c2cc(N(c3ccc(-c4ccccc4)cc3)c3ccc(-c4cccc5c4-c4ccccc4C5(C)C)cc3)ccc2-c2cc3c(cc21)-c1c(-c2ccccc2)cccc1C3(C)C. The second-order valence-corrected chi connectivity index (χ2v) is 19.7. The first-order valence-electron chi connectivity index (χ1n) is 22.8. The molecule has 1 nitrogen and oxygen atoms in total. The summed E-state index contributed by atoms with van der Waals surface area (Å²) in [4.78, 5) is 2.44. The van der Waals surface area contributed by atoms with E-state index in [9.17, 15) is 0 Å². The quantitative estimate of drug-likeness (QED) is 0.161. The molecule has 0 saturated heterocycles. The van der Waals surface area contributed by atoms with Crippen LogP contribution in [0.2, 0.25) is 0 Å². The van der Waals surface area contributed by atoms with Crippen LogP contribution in [0.15, 0.2) is 200 Å². The minimum Gasteiger partial charge on any atom is -0.310 e. The van der Waals surface area contributed by atoms with Crippen LogP contribution in [0, 0.1) is 0 Å². The molecule has 3 aliphatic carbocycles. The molecule has 0 radical (unpaired) electrons. The lowest BCUT2D eigenvalue weighted by Crippen LogP contribution is -2.17. The molecule has 308 valence electrons. The second-order valence-electron chi connectivity index (χ2n) is 19.7. The van der Waals surface area contributed by atoms with Crippen LogP contribution in [0.5, 0.6) is 0 Å². The van der Waals surface area contributed by atoms with Crippen molar-refractivity contribution in [1.29, 1.82) is 0 Å². The van der Waals surface area contributed by atoms with E-state index in [1.54, 1.807) is 0 Å². The van der Waals surface area contributed by atoms with Gasteiger partial charge in [-0.15, -0.1) is 0 Å². The smallest absolute Gasteiger partial charge is 0.0465 e. The lowest BCUT2D eigenvalue weighted by atomic mass is 9.79. The van der Waals surface area contributed by atoms with Crippen molar-refractivity contribution in [3.63, 3.8) is 0 Å². The standard InChI is InChI=1S/C63H51N/c1-61(2)53-24-14-13-21-50(53)59-48(23-16-25-54(59)61)43-29-33-45(34-30-43)64(44-31-27-41(28-32-44)40-17-9-7-10-18-40)46-35-36-49-51-38-58-52(39-57(51)63(5,6)56(49)37-46)60-47(42-19-11-8-12-20-42)22-15-26-55(60)62(58,3)4/h7-39H,1-6H3. The third-order valence-corrected chi connectivity index (χ3v) is 15.1. The lowest BCUT2D eigenvalue weighted by Gasteiger charge is -2.28. The van der Waals surface area contributed by atoms with Gasteiger partial charge in [0.2, 0.25) is 0 Å². The minimum atomic E-state index is -0.214. The summed E-state index contributed by atoms with van der Waals surface area (Å²) in [5, 5.41) is 0. The van der Waals surface area contributed by atoms with Gasteiger partial charge in [-0.3, -0.25) is 0 Å². The van der Waals surface area contributed by atoms with E-state index >= 15 is 0 Å². The molecule has 0 saturated carbocycles. The maximum Gasteiger partial charge on any atom is 0.0465 e. The van der Waals surface area contributed by atoms with E-state index < -0.39 is 0 Å². The predicted molar refractivity (Wildman–Crippen MR) is 270 cm³/mol.